The van der Waals surface area contributed by atoms with Crippen LogP contribution in [0.15, 0.2) is 33.7 Å². The summed E-state index contributed by atoms with van der Waals surface area (Å²) in [5.41, 5.74) is 8.80. The predicted molar refractivity (Wildman–Crippen MR) is 86.0 cm³/mol. The molecule has 2 rings (SSSR count). The maximum atomic E-state index is 10.3. The highest BCUT2D eigenvalue weighted by atomic mass is 79.9. The molecular formula is C14H17BrN2O2S. The quantitative estimate of drug-likeness (QED) is 0.823. The Bertz CT molecular complexity index is 512. The minimum Gasteiger partial charge on any atom is -0.466 e. The highest BCUT2D eigenvalue weighted by Gasteiger charge is 2.35. The van der Waals surface area contributed by atoms with Gasteiger partial charge in [-0.1, -0.05) is 28.1 Å². The lowest BCUT2D eigenvalue weighted by atomic mass is 9.86. The Kier molecular flexibility index (Phi) is 5.23. The van der Waals surface area contributed by atoms with E-state index in [1.807, 2.05) is 17.7 Å². The van der Waals surface area contributed by atoms with Crippen molar-refractivity contribution in [3.05, 3.63) is 34.3 Å². The number of halogens is 1. The summed E-state index contributed by atoms with van der Waals surface area (Å²) in [5, 5.41) is 0.177. The van der Waals surface area contributed by atoms with Crippen LogP contribution in [0.3, 0.4) is 0 Å². The molecule has 3 unspecified atom stereocenters. The summed E-state index contributed by atoms with van der Waals surface area (Å²) in [7, 11) is 0. The number of ether oxygens (including phenoxy) is 1. The second-order valence-electron chi connectivity index (χ2n) is 4.99. The molecule has 0 amide bonds. The van der Waals surface area contributed by atoms with Gasteiger partial charge in [-0.3, -0.25) is 9.79 Å². The lowest BCUT2D eigenvalue weighted by Crippen LogP contribution is -2.42. The number of nitrogens with two attached hydrogens (primary N) is 1. The molecule has 1 aliphatic heterocycles. The summed E-state index contributed by atoms with van der Waals surface area (Å²) >= 11 is 5.09. The van der Waals surface area contributed by atoms with E-state index in [0.717, 1.165) is 16.5 Å². The second-order valence-corrected chi connectivity index (χ2v) is 6.99. The van der Waals surface area contributed by atoms with E-state index in [-0.39, 0.29) is 23.4 Å². The van der Waals surface area contributed by atoms with Crippen molar-refractivity contribution in [2.75, 3.05) is 6.61 Å². The van der Waals surface area contributed by atoms with Gasteiger partial charge >= 0.3 is 0 Å². The third-order valence-corrected chi connectivity index (χ3v) is 5.04. The third kappa shape index (κ3) is 3.62. The van der Waals surface area contributed by atoms with E-state index >= 15 is 0 Å². The normalized spacial score (nSPS) is 27.1. The number of benzene rings is 1. The van der Waals surface area contributed by atoms with E-state index in [4.69, 9.17) is 10.5 Å². The second kappa shape index (κ2) is 6.74. The predicted octanol–water partition coefficient (Wildman–Crippen LogP) is 2.70. The number of carbonyl (C=O) groups is 1. The van der Waals surface area contributed by atoms with Crippen molar-refractivity contribution in [3.63, 3.8) is 0 Å². The molecule has 0 bridgehead atoms. The van der Waals surface area contributed by atoms with Crippen LogP contribution in [0.25, 0.3) is 0 Å². The summed E-state index contributed by atoms with van der Waals surface area (Å²) in [4.78, 5) is 14.9. The fourth-order valence-corrected chi connectivity index (χ4v) is 3.79. The van der Waals surface area contributed by atoms with Crippen LogP contribution in [0.4, 0.5) is 0 Å². The Morgan fingerprint density at radius 1 is 1.70 bits per heavy atom. The lowest BCUT2D eigenvalue weighted by molar-refractivity contribution is -0.129. The maximum Gasteiger partial charge on any atom is 0.293 e. The zero-order chi connectivity index (χ0) is 14.6. The maximum absolute atomic E-state index is 10.3. The average Bonchev–Trinajstić information content (AvgIpc) is 2.45. The average molecular weight is 357 g/mol. The van der Waals surface area contributed by atoms with E-state index in [1.54, 1.807) is 11.8 Å². The van der Waals surface area contributed by atoms with Crippen LogP contribution in [0.5, 0.6) is 0 Å². The molecule has 0 saturated carbocycles. The van der Waals surface area contributed by atoms with Gasteiger partial charge in [-0.05, 0) is 31.0 Å². The van der Waals surface area contributed by atoms with E-state index < -0.39 is 0 Å². The summed E-state index contributed by atoms with van der Waals surface area (Å²) in [5.74, 6) is 0. The number of hydrogen-bond donors (Lipinski definition) is 1. The Morgan fingerprint density at radius 3 is 3.20 bits per heavy atom. The molecule has 0 aliphatic carbocycles. The Labute approximate surface area is 131 Å². The molecule has 0 aromatic heterocycles. The van der Waals surface area contributed by atoms with Crippen LogP contribution < -0.4 is 5.73 Å². The van der Waals surface area contributed by atoms with Crippen LogP contribution in [0, 0.1) is 0 Å². The van der Waals surface area contributed by atoms with Gasteiger partial charge in [0, 0.05) is 9.72 Å². The molecule has 0 fully saturated rings. The van der Waals surface area contributed by atoms with Crippen molar-refractivity contribution in [1.29, 1.82) is 0 Å². The van der Waals surface area contributed by atoms with Gasteiger partial charge in [0.25, 0.3) is 6.47 Å². The minimum atomic E-state index is -0.293. The van der Waals surface area contributed by atoms with Crippen LogP contribution in [-0.2, 0) is 15.1 Å². The zero-order valence-electron chi connectivity index (χ0n) is 11.2. The Morgan fingerprint density at radius 2 is 2.50 bits per heavy atom. The van der Waals surface area contributed by atoms with E-state index in [9.17, 15) is 4.79 Å². The molecule has 0 radical (unpaired) electrons. The van der Waals surface area contributed by atoms with Crippen molar-refractivity contribution in [2.45, 2.75) is 30.2 Å². The van der Waals surface area contributed by atoms with Gasteiger partial charge < -0.3 is 10.5 Å². The molecule has 3 atom stereocenters. The third-order valence-electron chi connectivity index (χ3n) is 3.45. The van der Waals surface area contributed by atoms with Gasteiger partial charge in [0.1, 0.15) is 6.61 Å². The van der Waals surface area contributed by atoms with Gasteiger partial charge in [0.2, 0.25) is 0 Å². The number of rotatable bonds is 5. The Balaban J connectivity index is 2.15. The fourth-order valence-electron chi connectivity index (χ4n) is 2.24. The molecule has 2 N–H and O–H groups in total. The van der Waals surface area contributed by atoms with Gasteiger partial charge in [-0.15, -0.1) is 11.8 Å². The van der Waals surface area contributed by atoms with Crippen LogP contribution in [0.2, 0.25) is 0 Å². The summed E-state index contributed by atoms with van der Waals surface area (Å²) in [6, 6.07) is 7.96. The van der Waals surface area contributed by atoms with Crippen LogP contribution in [-0.4, -0.2) is 29.9 Å². The summed E-state index contributed by atoms with van der Waals surface area (Å²) < 4.78 is 5.81. The topological polar surface area (TPSA) is 64.7 Å². The minimum absolute atomic E-state index is 0.177. The highest BCUT2D eigenvalue weighted by molar-refractivity contribution is 9.10. The van der Waals surface area contributed by atoms with Gasteiger partial charge in [-0.2, -0.15) is 0 Å². The van der Waals surface area contributed by atoms with E-state index in [1.165, 1.54) is 0 Å². The van der Waals surface area contributed by atoms with Crippen molar-refractivity contribution >= 4 is 39.7 Å². The number of hydrogen-bond acceptors (Lipinski definition) is 5. The molecule has 4 nitrogen and oxygen atoms in total. The highest BCUT2D eigenvalue weighted by Crippen LogP contribution is 2.39. The number of aliphatic imine (C=N–C) groups is 1. The molecule has 1 aromatic carbocycles. The lowest BCUT2D eigenvalue weighted by Gasteiger charge is -2.35. The molecule has 1 heterocycles. The van der Waals surface area contributed by atoms with Crippen molar-refractivity contribution in [3.8, 4) is 0 Å². The van der Waals surface area contributed by atoms with E-state index in [0.29, 0.717) is 6.47 Å². The monoisotopic (exact) mass is 356 g/mol. The SMILES string of the molecule is CC1(c2cccc(Br)c2)CC(C(N)COC=O)SC=N1. The smallest absolute Gasteiger partial charge is 0.293 e. The van der Waals surface area contributed by atoms with Gasteiger partial charge in [0.15, 0.2) is 0 Å². The fraction of sp³-hybridized carbons (Fsp3) is 0.429. The molecule has 1 aliphatic rings. The summed E-state index contributed by atoms with van der Waals surface area (Å²) in [6.07, 6.45) is 0.813. The van der Waals surface area contributed by atoms with Crippen molar-refractivity contribution in [2.24, 2.45) is 10.7 Å². The van der Waals surface area contributed by atoms with Gasteiger partial charge in [0.05, 0.1) is 17.1 Å². The van der Waals surface area contributed by atoms with Crippen LogP contribution in [0.1, 0.15) is 18.9 Å². The van der Waals surface area contributed by atoms with Crippen molar-refractivity contribution in [1.82, 2.24) is 0 Å². The zero-order valence-corrected chi connectivity index (χ0v) is 13.6. The first-order valence-electron chi connectivity index (χ1n) is 6.31. The molecule has 6 heteroatoms. The standard InChI is InChI=1S/C14H17BrN2O2S/c1-14(10-3-2-4-11(15)5-10)6-13(20-8-17-14)12(16)7-19-9-18/h2-5,8-9,12-13H,6-7,16H2,1H3. The molecule has 0 saturated heterocycles. The van der Waals surface area contributed by atoms with Crippen LogP contribution >= 0.6 is 27.7 Å². The largest absolute Gasteiger partial charge is 0.466 e. The molecule has 20 heavy (non-hydrogen) atoms. The first-order valence-corrected chi connectivity index (χ1v) is 8.05. The number of nitrogens with zero attached hydrogens (tertiary/aromatic N) is 1. The first kappa shape index (κ1) is 15.5. The van der Waals surface area contributed by atoms with Gasteiger partial charge in [-0.25, -0.2) is 0 Å². The Hall–Kier alpha value is -0.850. The number of thioether (sulfide) groups is 1. The molecule has 108 valence electrons. The first-order chi connectivity index (χ1) is 9.55. The molecule has 1 aromatic rings. The summed E-state index contributed by atoms with van der Waals surface area (Å²) in [6.45, 7) is 2.78. The van der Waals surface area contributed by atoms with Crippen molar-refractivity contribution < 1.29 is 9.53 Å². The molecule has 0 spiro atoms. The molecular weight excluding hydrogens is 340 g/mol. The van der Waals surface area contributed by atoms with E-state index in [2.05, 4.69) is 40.0 Å². The number of carbonyl (C=O) groups excluding carboxylic acids is 1.